The molecule has 0 bridgehead atoms. The molecule has 46 heavy (non-hydrogen) atoms. The van der Waals surface area contributed by atoms with Gasteiger partial charge in [0, 0.05) is 25.8 Å². The maximum absolute atomic E-state index is 7.29. The Morgan fingerprint density at radius 2 is 1.11 bits per heavy atom. The normalized spacial score (nSPS) is 12.4. The molecule has 0 saturated heterocycles. The molecule has 0 atom stereocenters. The molecule has 7 rings (SSSR count). The van der Waals surface area contributed by atoms with Crippen LogP contribution < -0.4 is 0 Å². The molecule has 0 aliphatic heterocycles. The Balaban J connectivity index is 0.000000174. The summed E-state index contributed by atoms with van der Waals surface area (Å²) in [6.45, 7) is -2.25. The van der Waals surface area contributed by atoms with Gasteiger partial charge in [-0.15, -0.1) is 102 Å². The quantitative estimate of drug-likeness (QED) is 0.167. The van der Waals surface area contributed by atoms with Gasteiger partial charge in [0.1, 0.15) is 0 Å². The third kappa shape index (κ3) is 10.0. The van der Waals surface area contributed by atoms with Gasteiger partial charge >= 0.3 is 20.1 Å². The average molecular weight is 779 g/mol. The zero-order chi connectivity index (χ0) is 36.3. The van der Waals surface area contributed by atoms with Crippen LogP contribution in [0, 0.1) is 38.8 Å². The van der Waals surface area contributed by atoms with Crippen molar-refractivity contribution in [3.05, 3.63) is 187 Å². The molecule has 0 aliphatic carbocycles. The summed E-state index contributed by atoms with van der Waals surface area (Å²) in [6, 6.07) is 54.7. The number of aromatic nitrogens is 3. The van der Waals surface area contributed by atoms with Crippen molar-refractivity contribution in [3.8, 4) is 44.9 Å². The zero-order valence-electron chi connectivity index (χ0n) is 31.1. The molecule has 7 aromatic rings. The summed E-state index contributed by atoms with van der Waals surface area (Å²) in [4.78, 5) is 12.6. The Hall–Kier alpha value is -5.02. The number of benzene rings is 4. The molecule has 0 N–H and O–H groups in total. The molecular formula is C42H34IrN3. The molecule has 226 valence electrons. The van der Waals surface area contributed by atoms with E-state index in [1.54, 1.807) is 36.4 Å². The van der Waals surface area contributed by atoms with Gasteiger partial charge in [-0.1, -0.05) is 77.4 Å². The summed E-state index contributed by atoms with van der Waals surface area (Å²) in [5.41, 5.74) is 8.70. The monoisotopic (exact) mass is 779 g/mol. The van der Waals surface area contributed by atoms with Crippen molar-refractivity contribution in [1.29, 1.82) is 0 Å². The van der Waals surface area contributed by atoms with Gasteiger partial charge in [-0.3, -0.25) is 0 Å². The van der Waals surface area contributed by atoms with Gasteiger partial charge < -0.3 is 15.0 Å². The third-order valence-corrected chi connectivity index (χ3v) is 6.58. The van der Waals surface area contributed by atoms with Gasteiger partial charge in [-0.2, -0.15) is 0 Å². The molecule has 0 spiro atoms. The predicted octanol–water partition coefficient (Wildman–Crippen LogP) is 10.2. The second-order valence-corrected chi connectivity index (χ2v) is 9.94. The van der Waals surface area contributed by atoms with Crippen LogP contribution in [0.15, 0.2) is 152 Å². The van der Waals surface area contributed by atoms with Gasteiger partial charge in [0.25, 0.3) is 0 Å². The molecule has 0 amide bonds. The third-order valence-electron chi connectivity index (χ3n) is 6.58. The molecule has 0 aliphatic rings. The van der Waals surface area contributed by atoms with Gasteiger partial charge in [-0.05, 0) is 55.9 Å². The van der Waals surface area contributed by atoms with Crippen molar-refractivity contribution in [2.24, 2.45) is 0 Å². The topological polar surface area (TPSA) is 38.7 Å². The number of hydrogen-bond donors (Lipinski definition) is 0. The van der Waals surface area contributed by atoms with Crippen LogP contribution in [0.3, 0.4) is 0 Å². The molecule has 0 unspecified atom stereocenters. The molecule has 4 aromatic carbocycles. The number of pyridine rings is 3. The number of nitrogens with zero attached hydrogens (tertiary/aromatic N) is 3. The van der Waals surface area contributed by atoms with E-state index in [4.69, 9.17) is 8.22 Å². The fourth-order valence-corrected chi connectivity index (χ4v) is 4.35. The molecule has 0 saturated carbocycles. The Morgan fingerprint density at radius 1 is 0.522 bits per heavy atom. The van der Waals surface area contributed by atoms with E-state index in [-0.39, 0.29) is 31.5 Å². The van der Waals surface area contributed by atoms with Crippen LogP contribution in [0.25, 0.3) is 44.9 Å². The fraction of sp³-hybridized carbons (Fsp3) is 0.0714. The van der Waals surface area contributed by atoms with E-state index in [1.165, 1.54) is 28.8 Å². The van der Waals surface area contributed by atoms with Gasteiger partial charge in [-0.25, -0.2) is 0 Å². The van der Waals surface area contributed by atoms with Crippen molar-refractivity contribution in [2.45, 2.75) is 20.6 Å². The number of aryl methyl sites for hydroxylation is 3. The maximum Gasteiger partial charge on any atom is 3.00 e. The van der Waals surface area contributed by atoms with E-state index >= 15 is 0 Å². The molecule has 3 aromatic heterocycles. The van der Waals surface area contributed by atoms with Crippen molar-refractivity contribution < 1.29 is 28.3 Å². The second kappa shape index (κ2) is 17.5. The van der Waals surface area contributed by atoms with Crippen LogP contribution in [0.4, 0.5) is 0 Å². The second-order valence-electron chi connectivity index (χ2n) is 9.94. The minimum atomic E-state index is -2.16. The van der Waals surface area contributed by atoms with Crippen LogP contribution in [-0.4, -0.2) is 15.0 Å². The first-order valence-corrected chi connectivity index (χ1v) is 14.4. The van der Waals surface area contributed by atoms with Gasteiger partial charge in [0.2, 0.25) is 0 Å². The number of rotatable bonds is 4. The largest absolute Gasteiger partial charge is 3.00 e. The smallest absolute Gasteiger partial charge is 0.305 e. The average Bonchev–Trinajstić information content (AvgIpc) is 3.16. The van der Waals surface area contributed by atoms with Crippen LogP contribution in [-0.2, 0) is 20.1 Å². The van der Waals surface area contributed by atoms with E-state index in [0.717, 1.165) is 22.4 Å². The number of hydrogen-bond acceptors (Lipinski definition) is 3. The van der Waals surface area contributed by atoms with Crippen LogP contribution in [0.1, 0.15) is 25.2 Å². The van der Waals surface area contributed by atoms with Crippen molar-refractivity contribution in [2.75, 3.05) is 0 Å². The van der Waals surface area contributed by atoms with Crippen LogP contribution in [0.5, 0.6) is 0 Å². The summed E-state index contributed by atoms with van der Waals surface area (Å²) in [5, 5.41) is 0. The summed E-state index contributed by atoms with van der Waals surface area (Å²) in [5.74, 6) is 0. The molecule has 4 heteroatoms. The Labute approximate surface area is 294 Å². The maximum atomic E-state index is 7.29. The molecule has 0 radical (unpaired) electrons. The molecule has 3 heterocycles. The van der Waals surface area contributed by atoms with Crippen LogP contribution in [0.2, 0.25) is 0 Å². The Kier molecular flexibility index (Phi) is 9.95. The SMILES string of the molecule is Cc1ccnc(-c2[c-]cc(-c3ccccc3)cc2)c1.[2H]C([2H])([2H])c1cccc(-c2[c-]cccc2)n1.[2H]C([2H])([2H])c1cccc(-c2[c-]cccc2)n1.[Ir+3]. The van der Waals surface area contributed by atoms with E-state index in [2.05, 4.69) is 70.4 Å². The standard InChI is InChI=1S/C18H14N.2C12H10N.Ir/c1-14-11-12-19-18(13-14)17-9-7-16(8-10-17)15-5-3-2-4-6-15;2*1-10-6-5-9-12(13-10)11-7-3-2-4-8-11;/h2-9,11-13H,1H3;2*2-7,9H,1H3;/q3*-1;+3/i;2*1D3;. The molecule has 3 nitrogen and oxygen atoms in total. The van der Waals surface area contributed by atoms with Gasteiger partial charge in [0.05, 0.1) is 0 Å². The van der Waals surface area contributed by atoms with Crippen LogP contribution >= 0.6 is 0 Å². The van der Waals surface area contributed by atoms with E-state index in [1.807, 2.05) is 72.9 Å². The summed E-state index contributed by atoms with van der Waals surface area (Å²) in [7, 11) is 0. The Bertz CT molecular complexity index is 2030. The van der Waals surface area contributed by atoms with Gasteiger partial charge in [0.15, 0.2) is 0 Å². The summed E-state index contributed by atoms with van der Waals surface area (Å²) in [6.07, 6.45) is 1.84. The van der Waals surface area contributed by atoms with Crippen molar-refractivity contribution in [3.63, 3.8) is 0 Å². The summed E-state index contributed by atoms with van der Waals surface area (Å²) >= 11 is 0. The zero-order valence-corrected chi connectivity index (χ0v) is 27.5. The minimum Gasteiger partial charge on any atom is -0.305 e. The summed E-state index contributed by atoms with van der Waals surface area (Å²) < 4.78 is 43.8. The minimum absolute atomic E-state index is 0. The van der Waals surface area contributed by atoms with E-state index in [9.17, 15) is 0 Å². The Morgan fingerprint density at radius 3 is 1.61 bits per heavy atom. The molecular weight excluding hydrogens is 739 g/mol. The van der Waals surface area contributed by atoms with Crippen molar-refractivity contribution >= 4 is 0 Å². The first-order valence-electron chi connectivity index (χ1n) is 17.4. The predicted molar refractivity (Wildman–Crippen MR) is 185 cm³/mol. The van der Waals surface area contributed by atoms with E-state index < -0.39 is 13.7 Å². The van der Waals surface area contributed by atoms with E-state index in [0.29, 0.717) is 11.4 Å². The van der Waals surface area contributed by atoms with Crippen molar-refractivity contribution in [1.82, 2.24) is 15.0 Å². The molecule has 0 fully saturated rings. The fourth-order valence-electron chi connectivity index (χ4n) is 4.35. The first kappa shape index (κ1) is 26.2. The first-order chi connectivity index (χ1) is 24.5.